The molecular weight excluding hydrogens is 366 g/mol. The number of ether oxygens (including phenoxy) is 4. The van der Waals surface area contributed by atoms with Crippen molar-refractivity contribution in [3.05, 3.63) is 35.4 Å². The number of aromatic nitrogens is 1. The van der Waals surface area contributed by atoms with Crippen LogP contribution < -0.4 is 24.3 Å². The summed E-state index contributed by atoms with van der Waals surface area (Å²) in [5.74, 6) is 0.258. The molecule has 1 aromatic carbocycles. The summed E-state index contributed by atoms with van der Waals surface area (Å²) in [7, 11) is 9.01. The first-order chi connectivity index (χ1) is 13.4. The molecule has 0 saturated heterocycles. The van der Waals surface area contributed by atoms with E-state index in [1.54, 1.807) is 26.2 Å². The highest BCUT2D eigenvalue weighted by Gasteiger charge is 2.21. The Bertz CT molecular complexity index is 882. The Morgan fingerprint density at radius 1 is 0.964 bits per heavy atom. The number of hydrogen-bond donors (Lipinski definition) is 1. The van der Waals surface area contributed by atoms with Gasteiger partial charge in [0, 0.05) is 25.7 Å². The molecule has 2 aromatic rings. The van der Waals surface area contributed by atoms with E-state index in [4.69, 9.17) is 18.9 Å². The number of nitrogens with zero attached hydrogens (tertiary/aromatic N) is 2. The van der Waals surface area contributed by atoms with Crippen LogP contribution in [-0.4, -0.2) is 64.2 Å². The largest absolute Gasteiger partial charge is 0.493 e. The molecule has 0 saturated carbocycles. The number of anilines is 1. The Balaban J connectivity index is 2.48. The standard InChI is InChI=1S/C19H23N3O6/c1-22(2)19(24)11-9-13(16(27-5)14(10-11)25-3)20-17(23)12-7-8-15(26-4)21-18(12)28-6/h7-10H,1-6H3,(H,20,23). The van der Waals surface area contributed by atoms with E-state index in [1.807, 2.05) is 0 Å². The zero-order valence-corrected chi connectivity index (χ0v) is 16.7. The van der Waals surface area contributed by atoms with Gasteiger partial charge in [-0.1, -0.05) is 0 Å². The molecule has 0 bridgehead atoms. The lowest BCUT2D eigenvalue weighted by atomic mass is 10.1. The van der Waals surface area contributed by atoms with Crippen LogP contribution in [0.4, 0.5) is 5.69 Å². The van der Waals surface area contributed by atoms with E-state index in [1.165, 1.54) is 45.5 Å². The predicted molar refractivity (Wildman–Crippen MR) is 103 cm³/mol. The summed E-state index contributed by atoms with van der Waals surface area (Å²) < 4.78 is 20.9. The maximum absolute atomic E-state index is 12.8. The average molecular weight is 389 g/mol. The van der Waals surface area contributed by atoms with Crippen molar-refractivity contribution in [2.75, 3.05) is 47.9 Å². The van der Waals surface area contributed by atoms with Crippen molar-refractivity contribution in [2.24, 2.45) is 0 Å². The van der Waals surface area contributed by atoms with Gasteiger partial charge in [-0.3, -0.25) is 9.59 Å². The van der Waals surface area contributed by atoms with Crippen LogP contribution in [0.2, 0.25) is 0 Å². The van der Waals surface area contributed by atoms with E-state index in [0.717, 1.165) is 0 Å². The number of nitrogens with one attached hydrogen (secondary N) is 1. The summed E-state index contributed by atoms with van der Waals surface area (Å²) in [4.78, 5) is 30.7. The first-order valence-corrected chi connectivity index (χ1v) is 8.24. The molecular formula is C19H23N3O6. The van der Waals surface area contributed by atoms with E-state index in [0.29, 0.717) is 17.2 Å². The van der Waals surface area contributed by atoms with Gasteiger partial charge in [0.05, 0.1) is 34.1 Å². The maximum atomic E-state index is 12.8. The second kappa shape index (κ2) is 8.94. The van der Waals surface area contributed by atoms with Crippen LogP contribution in [-0.2, 0) is 0 Å². The second-order valence-corrected chi connectivity index (χ2v) is 5.82. The Labute approximate surface area is 163 Å². The molecule has 1 heterocycles. The summed E-state index contributed by atoms with van der Waals surface area (Å²) in [6.45, 7) is 0. The summed E-state index contributed by atoms with van der Waals surface area (Å²) >= 11 is 0. The van der Waals surface area contributed by atoms with Crippen LogP contribution in [0.5, 0.6) is 23.3 Å². The van der Waals surface area contributed by atoms with Gasteiger partial charge in [-0.2, -0.15) is 4.98 Å². The van der Waals surface area contributed by atoms with Gasteiger partial charge in [0.15, 0.2) is 11.5 Å². The summed E-state index contributed by atoms with van der Waals surface area (Å²) in [6.07, 6.45) is 0. The van der Waals surface area contributed by atoms with Gasteiger partial charge in [-0.05, 0) is 18.2 Å². The zero-order chi connectivity index (χ0) is 20.8. The highest BCUT2D eigenvalue weighted by atomic mass is 16.5. The Morgan fingerprint density at radius 3 is 2.21 bits per heavy atom. The molecule has 0 aliphatic heterocycles. The van der Waals surface area contributed by atoms with Gasteiger partial charge in [0.2, 0.25) is 11.8 Å². The zero-order valence-electron chi connectivity index (χ0n) is 16.7. The van der Waals surface area contributed by atoms with Crippen molar-refractivity contribution < 1.29 is 28.5 Å². The van der Waals surface area contributed by atoms with Crippen LogP contribution in [0.25, 0.3) is 0 Å². The average Bonchev–Trinajstić information content (AvgIpc) is 2.71. The molecule has 150 valence electrons. The van der Waals surface area contributed by atoms with Crippen LogP contribution >= 0.6 is 0 Å². The minimum atomic E-state index is -0.498. The van der Waals surface area contributed by atoms with E-state index >= 15 is 0 Å². The number of methoxy groups -OCH3 is 4. The summed E-state index contributed by atoms with van der Waals surface area (Å²) in [5.41, 5.74) is 0.793. The SMILES string of the molecule is COc1ccc(C(=O)Nc2cc(C(=O)N(C)C)cc(OC)c2OC)c(OC)n1. The molecule has 0 spiro atoms. The van der Waals surface area contributed by atoms with Crippen LogP contribution in [0.15, 0.2) is 24.3 Å². The van der Waals surface area contributed by atoms with E-state index in [9.17, 15) is 9.59 Å². The lowest BCUT2D eigenvalue weighted by Crippen LogP contribution is -2.22. The molecule has 1 N–H and O–H groups in total. The van der Waals surface area contributed by atoms with Gasteiger partial charge < -0.3 is 29.2 Å². The quantitative estimate of drug-likeness (QED) is 0.774. The molecule has 0 unspecified atom stereocenters. The van der Waals surface area contributed by atoms with Crippen LogP contribution in [0, 0.1) is 0 Å². The Hall–Kier alpha value is -3.49. The molecule has 0 aliphatic rings. The van der Waals surface area contributed by atoms with Gasteiger partial charge >= 0.3 is 0 Å². The number of pyridine rings is 1. The minimum absolute atomic E-state index is 0.100. The molecule has 0 aliphatic carbocycles. The van der Waals surface area contributed by atoms with Crippen LogP contribution in [0.1, 0.15) is 20.7 Å². The first-order valence-electron chi connectivity index (χ1n) is 8.24. The van der Waals surface area contributed by atoms with E-state index < -0.39 is 5.91 Å². The van der Waals surface area contributed by atoms with Crippen LogP contribution in [0.3, 0.4) is 0 Å². The first kappa shape index (κ1) is 20.8. The molecule has 0 radical (unpaired) electrons. The van der Waals surface area contributed by atoms with Crippen molar-refractivity contribution in [1.82, 2.24) is 9.88 Å². The van der Waals surface area contributed by atoms with E-state index in [2.05, 4.69) is 10.3 Å². The molecule has 0 atom stereocenters. The molecule has 9 nitrogen and oxygen atoms in total. The lowest BCUT2D eigenvalue weighted by Gasteiger charge is -2.17. The summed E-state index contributed by atoms with van der Waals surface area (Å²) in [6, 6.07) is 6.14. The number of amides is 2. The third-order valence-corrected chi connectivity index (χ3v) is 3.86. The summed E-state index contributed by atoms with van der Waals surface area (Å²) in [5, 5.41) is 2.72. The van der Waals surface area contributed by atoms with Crippen molar-refractivity contribution in [2.45, 2.75) is 0 Å². The van der Waals surface area contributed by atoms with Crippen molar-refractivity contribution in [1.29, 1.82) is 0 Å². The highest BCUT2D eigenvalue weighted by Crippen LogP contribution is 2.37. The minimum Gasteiger partial charge on any atom is -0.493 e. The number of carbonyl (C=O) groups excluding carboxylic acids is 2. The van der Waals surface area contributed by atoms with E-state index in [-0.39, 0.29) is 28.8 Å². The normalized spacial score (nSPS) is 10.1. The third kappa shape index (κ3) is 4.25. The topological polar surface area (TPSA) is 99.2 Å². The fraction of sp³-hybridized carbons (Fsp3) is 0.316. The third-order valence-electron chi connectivity index (χ3n) is 3.86. The Kier molecular flexibility index (Phi) is 6.64. The van der Waals surface area contributed by atoms with Crippen molar-refractivity contribution in [3.63, 3.8) is 0 Å². The molecule has 28 heavy (non-hydrogen) atoms. The fourth-order valence-electron chi connectivity index (χ4n) is 2.49. The van der Waals surface area contributed by atoms with Gasteiger partial charge in [0.1, 0.15) is 5.56 Å². The number of carbonyl (C=O) groups is 2. The predicted octanol–water partition coefficient (Wildman–Crippen LogP) is 2.07. The van der Waals surface area contributed by atoms with Gasteiger partial charge in [-0.15, -0.1) is 0 Å². The fourth-order valence-corrected chi connectivity index (χ4v) is 2.49. The molecule has 1 aromatic heterocycles. The van der Waals surface area contributed by atoms with Crippen molar-refractivity contribution in [3.8, 4) is 23.3 Å². The smallest absolute Gasteiger partial charge is 0.261 e. The van der Waals surface area contributed by atoms with Gasteiger partial charge in [0.25, 0.3) is 11.8 Å². The molecule has 0 fully saturated rings. The number of hydrogen-bond acceptors (Lipinski definition) is 7. The number of rotatable bonds is 7. The molecule has 2 rings (SSSR count). The molecule has 2 amide bonds. The van der Waals surface area contributed by atoms with Crippen molar-refractivity contribution >= 4 is 17.5 Å². The second-order valence-electron chi connectivity index (χ2n) is 5.82. The Morgan fingerprint density at radius 2 is 1.68 bits per heavy atom. The monoisotopic (exact) mass is 389 g/mol. The number of benzene rings is 1. The van der Waals surface area contributed by atoms with Gasteiger partial charge in [-0.25, -0.2) is 0 Å². The maximum Gasteiger partial charge on any atom is 0.261 e. The molecule has 9 heteroatoms. The lowest BCUT2D eigenvalue weighted by molar-refractivity contribution is 0.0826. The highest BCUT2D eigenvalue weighted by molar-refractivity contribution is 6.07.